The smallest absolute Gasteiger partial charge is 0.257 e. The number of benzene rings is 1. The number of hydrogen-bond acceptors (Lipinski definition) is 4. The third-order valence-electron chi connectivity index (χ3n) is 4.46. The standard InChI is InChI=1S/C15H19ClN2O3.ClH/c1-20-13-7-12(17)11(16)6-10(13)14(19)18-4-2-15(8-18)3-5-21-9-15;/h6-7H,2-5,8-9,17H2,1H3;1H. The zero-order chi connectivity index (χ0) is 15.0. The molecule has 2 saturated heterocycles. The van der Waals surface area contributed by atoms with Crippen LogP contribution in [0.1, 0.15) is 23.2 Å². The minimum Gasteiger partial charge on any atom is -0.496 e. The second kappa shape index (κ2) is 6.52. The van der Waals surface area contributed by atoms with E-state index in [4.69, 9.17) is 26.8 Å². The number of halogens is 2. The maximum absolute atomic E-state index is 12.7. The van der Waals surface area contributed by atoms with E-state index in [2.05, 4.69) is 0 Å². The van der Waals surface area contributed by atoms with Crippen molar-refractivity contribution < 1.29 is 14.3 Å². The highest BCUT2D eigenvalue weighted by Gasteiger charge is 2.43. The number of amides is 1. The predicted octanol–water partition coefficient (Wildman–Crippen LogP) is 2.61. The number of nitrogen functional groups attached to an aromatic ring is 1. The van der Waals surface area contributed by atoms with Gasteiger partial charge in [0.1, 0.15) is 5.75 Å². The van der Waals surface area contributed by atoms with Crippen LogP contribution in [0.4, 0.5) is 5.69 Å². The minimum atomic E-state index is -0.0578. The molecule has 1 amide bonds. The van der Waals surface area contributed by atoms with E-state index in [1.807, 2.05) is 4.90 Å². The molecule has 1 spiro atoms. The second-order valence-electron chi connectivity index (χ2n) is 5.85. The van der Waals surface area contributed by atoms with Crippen LogP contribution < -0.4 is 10.5 Å². The topological polar surface area (TPSA) is 64.8 Å². The Kier molecular flexibility index (Phi) is 5.10. The molecule has 3 rings (SSSR count). The maximum Gasteiger partial charge on any atom is 0.257 e. The van der Waals surface area contributed by atoms with Gasteiger partial charge in [0.05, 0.1) is 30.0 Å². The molecule has 2 fully saturated rings. The molecule has 0 saturated carbocycles. The summed E-state index contributed by atoms with van der Waals surface area (Å²) in [6.45, 7) is 3.01. The Balaban J connectivity index is 0.00000176. The zero-order valence-electron chi connectivity index (χ0n) is 12.4. The molecule has 2 aliphatic rings. The lowest BCUT2D eigenvalue weighted by Gasteiger charge is -2.22. The quantitative estimate of drug-likeness (QED) is 0.836. The van der Waals surface area contributed by atoms with Gasteiger partial charge in [0.2, 0.25) is 0 Å². The van der Waals surface area contributed by atoms with E-state index in [-0.39, 0.29) is 23.7 Å². The van der Waals surface area contributed by atoms with Crippen molar-refractivity contribution in [1.29, 1.82) is 0 Å². The number of carbonyl (C=O) groups is 1. The molecule has 2 heterocycles. The summed E-state index contributed by atoms with van der Waals surface area (Å²) in [6, 6.07) is 3.19. The molecule has 0 aromatic heterocycles. The van der Waals surface area contributed by atoms with Gasteiger partial charge in [-0.05, 0) is 18.9 Å². The Morgan fingerprint density at radius 3 is 2.86 bits per heavy atom. The normalized spacial score (nSPS) is 23.6. The van der Waals surface area contributed by atoms with Crippen LogP contribution in [-0.2, 0) is 4.74 Å². The van der Waals surface area contributed by atoms with Gasteiger partial charge in [0.25, 0.3) is 5.91 Å². The fraction of sp³-hybridized carbons (Fsp3) is 0.533. The van der Waals surface area contributed by atoms with E-state index >= 15 is 0 Å². The molecule has 2 N–H and O–H groups in total. The molecule has 0 radical (unpaired) electrons. The number of anilines is 1. The highest BCUT2D eigenvalue weighted by molar-refractivity contribution is 6.33. The van der Waals surface area contributed by atoms with Crippen LogP contribution in [0.5, 0.6) is 5.75 Å². The third-order valence-corrected chi connectivity index (χ3v) is 4.79. The Hall–Kier alpha value is -1.17. The van der Waals surface area contributed by atoms with Crippen LogP contribution in [0, 0.1) is 5.41 Å². The molecule has 1 aromatic rings. The van der Waals surface area contributed by atoms with Gasteiger partial charge in [0.15, 0.2) is 0 Å². The van der Waals surface area contributed by atoms with Crippen molar-refractivity contribution >= 4 is 35.6 Å². The average Bonchev–Trinajstić information content (AvgIpc) is 3.11. The molecule has 1 atom stereocenters. The Morgan fingerprint density at radius 1 is 1.45 bits per heavy atom. The van der Waals surface area contributed by atoms with Crippen LogP contribution in [0.2, 0.25) is 5.02 Å². The lowest BCUT2D eigenvalue weighted by atomic mass is 9.87. The van der Waals surface area contributed by atoms with Crippen molar-refractivity contribution in [1.82, 2.24) is 4.90 Å². The average molecular weight is 347 g/mol. The van der Waals surface area contributed by atoms with E-state index in [1.54, 1.807) is 12.1 Å². The summed E-state index contributed by atoms with van der Waals surface area (Å²) in [6.07, 6.45) is 2.01. The van der Waals surface area contributed by atoms with Gasteiger partial charge in [-0.1, -0.05) is 11.6 Å². The summed E-state index contributed by atoms with van der Waals surface area (Å²) in [5.74, 6) is 0.406. The number of hydrogen-bond donors (Lipinski definition) is 1. The number of nitrogens with zero attached hydrogens (tertiary/aromatic N) is 1. The number of nitrogens with two attached hydrogens (primary N) is 1. The number of ether oxygens (including phenoxy) is 2. The van der Waals surface area contributed by atoms with Crippen LogP contribution in [0.25, 0.3) is 0 Å². The summed E-state index contributed by atoms with van der Waals surface area (Å²) in [5, 5.41) is 0.372. The van der Waals surface area contributed by atoms with E-state index in [0.717, 1.165) is 39.1 Å². The fourth-order valence-corrected chi connectivity index (χ4v) is 3.32. The molecule has 7 heteroatoms. The number of rotatable bonds is 2. The summed E-state index contributed by atoms with van der Waals surface area (Å²) >= 11 is 6.04. The van der Waals surface area contributed by atoms with Gasteiger partial charge in [-0.25, -0.2) is 0 Å². The van der Waals surface area contributed by atoms with Crippen molar-refractivity contribution in [2.45, 2.75) is 12.8 Å². The summed E-state index contributed by atoms with van der Waals surface area (Å²) in [4.78, 5) is 14.6. The van der Waals surface area contributed by atoms with E-state index in [9.17, 15) is 4.79 Å². The molecule has 5 nitrogen and oxygen atoms in total. The molecule has 1 aromatic carbocycles. The van der Waals surface area contributed by atoms with Crippen LogP contribution in [0.15, 0.2) is 12.1 Å². The van der Waals surface area contributed by atoms with Gasteiger partial charge in [0, 0.05) is 31.2 Å². The molecular weight excluding hydrogens is 327 g/mol. The minimum absolute atomic E-state index is 0. The first-order valence-electron chi connectivity index (χ1n) is 7.05. The van der Waals surface area contributed by atoms with Crippen molar-refractivity contribution in [2.24, 2.45) is 5.41 Å². The second-order valence-corrected chi connectivity index (χ2v) is 6.26. The summed E-state index contributed by atoms with van der Waals surface area (Å²) < 4.78 is 10.8. The third kappa shape index (κ3) is 2.98. The molecule has 0 bridgehead atoms. The highest BCUT2D eigenvalue weighted by Crippen LogP contribution is 2.39. The fourth-order valence-electron chi connectivity index (χ4n) is 3.16. The SMILES string of the molecule is COc1cc(N)c(Cl)cc1C(=O)N1CCC2(CCOC2)C1.Cl. The number of carbonyl (C=O) groups excluding carboxylic acids is 1. The van der Waals surface area contributed by atoms with Crippen molar-refractivity contribution in [3.8, 4) is 5.75 Å². The zero-order valence-corrected chi connectivity index (χ0v) is 14.0. The van der Waals surface area contributed by atoms with E-state index in [0.29, 0.717) is 22.0 Å². The Bertz CT molecular complexity index is 574. The molecule has 122 valence electrons. The first-order valence-corrected chi connectivity index (χ1v) is 7.42. The molecule has 0 aliphatic carbocycles. The van der Waals surface area contributed by atoms with E-state index < -0.39 is 0 Å². The first-order chi connectivity index (χ1) is 10.0. The lowest BCUT2D eigenvalue weighted by Crippen LogP contribution is -2.32. The lowest BCUT2D eigenvalue weighted by molar-refractivity contribution is 0.0762. The molecule has 22 heavy (non-hydrogen) atoms. The number of methoxy groups -OCH3 is 1. The van der Waals surface area contributed by atoms with Gasteiger partial charge in [-0.3, -0.25) is 4.79 Å². The Labute approximate surface area is 141 Å². The van der Waals surface area contributed by atoms with Gasteiger partial charge in [-0.15, -0.1) is 12.4 Å². The Morgan fingerprint density at radius 2 is 2.23 bits per heavy atom. The van der Waals surface area contributed by atoms with Crippen LogP contribution >= 0.6 is 24.0 Å². The van der Waals surface area contributed by atoms with Crippen LogP contribution in [0.3, 0.4) is 0 Å². The van der Waals surface area contributed by atoms with Gasteiger partial charge < -0.3 is 20.1 Å². The first kappa shape index (κ1) is 17.2. The predicted molar refractivity (Wildman–Crippen MR) is 88.1 cm³/mol. The van der Waals surface area contributed by atoms with Crippen LogP contribution in [-0.4, -0.2) is 44.2 Å². The van der Waals surface area contributed by atoms with Crippen molar-refractivity contribution in [2.75, 3.05) is 39.1 Å². The van der Waals surface area contributed by atoms with Crippen molar-refractivity contribution in [3.05, 3.63) is 22.7 Å². The monoisotopic (exact) mass is 346 g/mol. The van der Waals surface area contributed by atoms with Crippen molar-refractivity contribution in [3.63, 3.8) is 0 Å². The molecule has 2 aliphatic heterocycles. The van der Waals surface area contributed by atoms with Gasteiger partial charge >= 0.3 is 0 Å². The summed E-state index contributed by atoms with van der Waals surface area (Å²) in [7, 11) is 1.52. The van der Waals surface area contributed by atoms with Gasteiger partial charge in [-0.2, -0.15) is 0 Å². The summed E-state index contributed by atoms with van der Waals surface area (Å²) in [5.41, 5.74) is 6.77. The highest BCUT2D eigenvalue weighted by atomic mass is 35.5. The number of likely N-dealkylation sites (tertiary alicyclic amines) is 1. The molecular formula is C15H20Cl2N2O3. The van der Waals surface area contributed by atoms with E-state index in [1.165, 1.54) is 7.11 Å². The maximum atomic E-state index is 12.7. The largest absolute Gasteiger partial charge is 0.496 e. The molecule has 1 unspecified atom stereocenters.